The molecule has 0 bridgehead atoms. The number of anilines is 2. The number of carbonyl (C=O) groups excluding carboxylic acids is 2. The van der Waals surface area contributed by atoms with Gasteiger partial charge in [0.15, 0.2) is 5.82 Å². The zero-order chi connectivity index (χ0) is 21.1. The van der Waals surface area contributed by atoms with Crippen LogP contribution in [0.2, 0.25) is 0 Å². The van der Waals surface area contributed by atoms with Crippen molar-refractivity contribution in [1.29, 1.82) is 0 Å². The molecule has 0 atom stereocenters. The zero-order valence-electron chi connectivity index (χ0n) is 16.9. The lowest BCUT2D eigenvalue weighted by Gasteiger charge is -2.27. The lowest BCUT2D eigenvalue weighted by atomic mass is 9.86. The molecule has 1 aliphatic carbocycles. The van der Waals surface area contributed by atoms with Crippen LogP contribution in [-0.4, -0.2) is 41.5 Å². The number of amides is 1. The lowest BCUT2D eigenvalue weighted by Crippen LogP contribution is -2.30. The van der Waals surface area contributed by atoms with E-state index in [2.05, 4.69) is 15.3 Å². The van der Waals surface area contributed by atoms with Gasteiger partial charge in [-0.25, -0.2) is 14.4 Å². The maximum absolute atomic E-state index is 14.5. The third-order valence-corrected chi connectivity index (χ3v) is 5.84. The fourth-order valence-electron chi connectivity index (χ4n) is 4.20. The van der Waals surface area contributed by atoms with Crippen molar-refractivity contribution in [3.05, 3.63) is 36.3 Å². The van der Waals surface area contributed by atoms with E-state index in [1.807, 2.05) is 6.07 Å². The summed E-state index contributed by atoms with van der Waals surface area (Å²) in [6.45, 7) is 0.676. The van der Waals surface area contributed by atoms with Crippen LogP contribution in [0.1, 0.15) is 38.5 Å². The number of ether oxygens (including phenoxy) is 1. The van der Waals surface area contributed by atoms with Gasteiger partial charge in [-0.1, -0.05) is 12.1 Å². The Morgan fingerprint density at radius 3 is 2.77 bits per heavy atom. The van der Waals surface area contributed by atoms with Crippen molar-refractivity contribution in [2.75, 3.05) is 23.9 Å². The summed E-state index contributed by atoms with van der Waals surface area (Å²) in [6, 6.07) is 7.35. The first kappa shape index (κ1) is 20.3. The molecule has 30 heavy (non-hydrogen) atoms. The van der Waals surface area contributed by atoms with Gasteiger partial charge in [0, 0.05) is 30.3 Å². The van der Waals surface area contributed by atoms with E-state index in [-0.39, 0.29) is 29.5 Å². The first-order valence-electron chi connectivity index (χ1n) is 10.3. The van der Waals surface area contributed by atoms with Gasteiger partial charge in [0.2, 0.25) is 11.9 Å². The van der Waals surface area contributed by atoms with E-state index in [0.29, 0.717) is 24.5 Å². The number of aromatic nitrogens is 2. The number of hydrogen-bond donors (Lipinski definition) is 1. The summed E-state index contributed by atoms with van der Waals surface area (Å²) < 4.78 is 19.3. The van der Waals surface area contributed by atoms with E-state index in [1.165, 1.54) is 13.3 Å². The van der Waals surface area contributed by atoms with Gasteiger partial charge < -0.3 is 15.0 Å². The summed E-state index contributed by atoms with van der Waals surface area (Å²) in [5.74, 6) is -0.297. The van der Waals surface area contributed by atoms with Crippen LogP contribution in [-0.2, 0) is 14.3 Å². The molecular weight excluding hydrogens is 387 g/mol. The standard InChI is InChI=1S/C22H25FN4O3/c1-30-21(29)14-7-9-16(10-8-14)25-22-24-13-18(23)20(26-22)15-4-2-5-17(12-15)27-11-3-6-19(27)28/h2,4-5,12-14,16H,3,6-11H2,1H3,(H,24,25,26)/t14-,16-. The molecule has 7 nitrogen and oxygen atoms in total. The number of rotatable bonds is 5. The van der Waals surface area contributed by atoms with Gasteiger partial charge >= 0.3 is 5.97 Å². The highest BCUT2D eigenvalue weighted by Gasteiger charge is 2.27. The van der Waals surface area contributed by atoms with Crippen molar-refractivity contribution in [1.82, 2.24) is 9.97 Å². The molecule has 0 spiro atoms. The summed E-state index contributed by atoms with van der Waals surface area (Å²) in [7, 11) is 1.41. The Morgan fingerprint density at radius 1 is 1.27 bits per heavy atom. The SMILES string of the molecule is COC(=O)[C@H]1CC[C@H](Nc2ncc(F)c(-c3cccc(N4CCCC4=O)c3)n2)CC1. The molecule has 8 heteroatoms. The number of nitrogens with one attached hydrogen (secondary N) is 1. The second-order valence-electron chi connectivity index (χ2n) is 7.81. The Morgan fingerprint density at radius 2 is 2.07 bits per heavy atom. The van der Waals surface area contributed by atoms with Crippen molar-refractivity contribution in [3.63, 3.8) is 0 Å². The van der Waals surface area contributed by atoms with Gasteiger partial charge in [-0.2, -0.15) is 0 Å². The Hall–Kier alpha value is -3.03. The highest BCUT2D eigenvalue weighted by atomic mass is 19.1. The molecule has 1 aliphatic heterocycles. The van der Waals surface area contributed by atoms with E-state index in [1.54, 1.807) is 23.1 Å². The molecule has 4 rings (SSSR count). The van der Waals surface area contributed by atoms with Crippen molar-refractivity contribution in [3.8, 4) is 11.3 Å². The van der Waals surface area contributed by atoms with Gasteiger partial charge in [0.1, 0.15) is 5.69 Å². The number of halogens is 1. The monoisotopic (exact) mass is 412 g/mol. The molecular formula is C22H25FN4O3. The summed E-state index contributed by atoms with van der Waals surface area (Å²) in [4.78, 5) is 33.9. The minimum absolute atomic E-state index is 0.0613. The fourth-order valence-corrected chi connectivity index (χ4v) is 4.20. The molecule has 2 aromatic rings. The summed E-state index contributed by atoms with van der Waals surface area (Å²) in [5.41, 5.74) is 1.55. The molecule has 1 aromatic carbocycles. The molecule has 2 heterocycles. The van der Waals surface area contributed by atoms with Crippen LogP contribution < -0.4 is 10.2 Å². The van der Waals surface area contributed by atoms with Crippen LogP contribution in [0.4, 0.5) is 16.0 Å². The molecule has 1 aromatic heterocycles. The van der Waals surface area contributed by atoms with Crippen LogP contribution >= 0.6 is 0 Å². The average molecular weight is 412 g/mol. The first-order chi connectivity index (χ1) is 14.5. The van der Waals surface area contributed by atoms with Gasteiger partial charge in [-0.15, -0.1) is 0 Å². The minimum Gasteiger partial charge on any atom is -0.469 e. The minimum atomic E-state index is -0.514. The molecule has 1 amide bonds. The van der Waals surface area contributed by atoms with Gasteiger partial charge in [0.25, 0.3) is 0 Å². The number of benzene rings is 1. The largest absolute Gasteiger partial charge is 0.469 e. The van der Waals surface area contributed by atoms with Crippen molar-refractivity contribution in [2.24, 2.45) is 5.92 Å². The Labute approximate surface area is 174 Å². The van der Waals surface area contributed by atoms with Crippen LogP contribution in [0.25, 0.3) is 11.3 Å². The van der Waals surface area contributed by atoms with Gasteiger partial charge in [-0.05, 0) is 44.2 Å². The van der Waals surface area contributed by atoms with E-state index >= 15 is 0 Å². The quantitative estimate of drug-likeness (QED) is 0.756. The first-order valence-corrected chi connectivity index (χ1v) is 10.3. The molecule has 0 unspecified atom stereocenters. The van der Waals surface area contributed by atoms with Gasteiger partial charge in [-0.3, -0.25) is 9.59 Å². The van der Waals surface area contributed by atoms with Crippen molar-refractivity contribution < 1.29 is 18.7 Å². The fraction of sp³-hybridized carbons (Fsp3) is 0.455. The van der Waals surface area contributed by atoms with E-state index in [4.69, 9.17) is 4.74 Å². The molecule has 2 aliphatic rings. The molecule has 0 radical (unpaired) electrons. The highest BCUT2D eigenvalue weighted by Crippen LogP contribution is 2.30. The Bertz CT molecular complexity index is 944. The predicted molar refractivity (Wildman–Crippen MR) is 110 cm³/mol. The third-order valence-electron chi connectivity index (χ3n) is 5.84. The Balaban J connectivity index is 1.49. The van der Waals surface area contributed by atoms with E-state index in [9.17, 15) is 14.0 Å². The number of methoxy groups -OCH3 is 1. The molecule has 1 saturated heterocycles. The van der Waals surface area contributed by atoms with E-state index in [0.717, 1.165) is 37.8 Å². The number of esters is 1. The smallest absolute Gasteiger partial charge is 0.308 e. The van der Waals surface area contributed by atoms with Crippen molar-refractivity contribution in [2.45, 2.75) is 44.6 Å². The highest BCUT2D eigenvalue weighted by molar-refractivity contribution is 5.95. The van der Waals surface area contributed by atoms with Crippen LogP contribution in [0.15, 0.2) is 30.5 Å². The van der Waals surface area contributed by atoms with Crippen LogP contribution in [0.3, 0.4) is 0 Å². The molecule has 158 valence electrons. The van der Waals surface area contributed by atoms with E-state index < -0.39 is 5.82 Å². The zero-order valence-corrected chi connectivity index (χ0v) is 16.9. The Kier molecular flexibility index (Phi) is 5.92. The second-order valence-corrected chi connectivity index (χ2v) is 7.81. The topological polar surface area (TPSA) is 84.4 Å². The van der Waals surface area contributed by atoms with Crippen molar-refractivity contribution >= 4 is 23.5 Å². The molecule has 1 N–H and O–H groups in total. The predicted octanol–water partition coefficient (Wildman–Crippen LogP) is 3.55. The summed E-state index contributed by atoms with van der Waals surface area (Å²) in [5, 5.41) is 3.27. The normalized spacial score (nSPS) is 21.5. The summed E-state index contributed by atoms with van der Waals surface area (Å²) in [6.07, 6.45) is 5.60. The average Bonchev–Trinajstić information content (AvgIpc) is 3.21. The lowest BCUT2D eigenvalue weighted by molar-refractivity contribution is -0.146. The maximum atomic E-state index is 14.5. The van der Waals surface area contributed by atoms with Crippen LogP contribution in [0.5, 0.6) is 0 Å². The number of carbonyl (C=O) groups is 2. The third kappa shape index (κ3) is 4.27. The maximum Gasteiger partial charge on any atom is 0.308 e. The molecule has 2 fully saturated rings. The molecule has 1 saturated carbocycles. The number of hydrogen-bond acceptors (Lipinski definition) is 6. The summed E-state index contributed by atoms with van der Waals surface area (Å²) >= 11 is 0. The second kappa shape index (κ2) is 8.77. The number of nitrogens with zero attached hydrogens (tertiary/aromatic N) is 3. The van der Waals surface area contributed by atoms with Crippen LogP contribution in [0, 0.1) is 11.7 Å². The van der Waals surface area contributed by atoms with Gasteiger partial charge in [0.05, 0.1) is 19.2 Å².